The maximum absolute atomic E-state index is 12.2. The molecule has 6 heteroatoms. The molecule has 2 aromatic rings. The molecule has 3 heterocycles. The van der Waals surface area contributed by atoms with Crippen molar-refractivity contribution in [2.45, 2.75) is 18.8 Å². The van der Waals surface area contributed by atoms with Crippen LogP contribution in [0.25, 0.3) is 0 Å². The molecule has 0 bridgehead atoms. The number of nitrogens with one attached hydrogen (secondary N) is 2. The summed E-state index contributed by atoms with van der Waals surface area (Å²) in [6.45, 7) is 2.06. The van der Waals surface area contributed by atoms with Gasteiger partial charge in [0.2, 0.25) is 0 Å². The Morgan fingerprint density at radius 3 is 3.30 bits per heavy atom. The smallest absolute Gasteiger partial charge is 0.254 e. The van der Waals surface area contributed by atoms with Crippen LogP contribution in [0.4, 0.5) is 0 Å². The highest BCUT2D eigenvalue weighted by Gasteiger charge is 2.24. The molecule has 0 spiro atoms. The molecule has 0 unspecified atom stereocenters. The Labute approximate surface area is 121 Å². The van der Waals surface area contributed by atoms with Gasteiger partial charge < -0.3 is 10.1 Å². The van der Waals surface area contributed by atoms with Crippen LogP contribution in [0.1, 0.15) is 33.3 Å². The van der Waals surface area contributed by atoms with Crippen LogP contribution in [0.5, 0.6) is 0 Å². The van der Waals surface area contributed by atoms with E-state index in [0.717, 1.165) is 25.1 Å². The third kappa shape index (κ3) is 2.91. The van der Waals surface area contributed by atoms with Gasteiger partial charge in [-0.3, -0.25) is 9.89 Å². The van der Waals surface area contributed by atoms with Crippen molar-refractivity contribution in [3.05, 3.63) is 39.8 Å². The number of nitrogens with zero attached hydrogens (tertiary/aromatic N) is 1. The third-order valence-electron chi connectivity index (χ3n) is 3.49. The van der Waals surface area contributed by atoms with Gasteiger partial charge >= 0.3 is 0 Å². The van der Waals surface area contributed by atoms with Crippen LogP contribution >= 0.6 is 11.3 Å². The molecule has 2 N–H and O–H groups in total. The van der Waals surface area contributed by atoms with E-state index in [1.807, 2.05) is 11.4 Å². The SMILES string of the molecule is O=C(NCCc1cccs1)c1cn[nH]c1[C@@H]1CCOC1. The van der Waals surface area contributed by atoms with E-state index in [0.29, 0.717) is 18.7 Å². The molecular weight excluding hydrogens is 274 g/mol. The number of thiophene rings is 1. The standard InChI is InChI=1S/C14H17N3O2S/c18-14(15-5-3-11-2-1-7-20-11)12-8-16-17-13(12)10-4-6-19-9-10/h1-2,7-8,10H,3-6,9H2,(H,15,18)(H,16,17)/t10-/m1/s1. The summed E-state index contributed by atoms with van der Waals surface area (Å²) < 4.78 is 5.37. The zero-order valence-electron chi connectivity index (χ0n) is 11.1. The van der Waals surface area contributed by atoms with E-state index in [2.05, 4.69) is 21.6 Å². The summed E-state index contributed by atoms with van der Waals surface area (Å²) in [5.41, 5.74) is 1.54. The summed E-state index contributed by atoms with van der Waals surface area (Å²) >= 11 is 1.71. The molecule has 1 atom stereocenters. The van der Waals surface area contributed by atoms with Crippen LogP contribution in [0.2, 0.25) is 0 Å². The highest BCUT2D eigenvalue weighted by atomic mass is 32.1. The highest BCUT2D eigenvalue weighted by Crippen LogP contribution is 2.25. The lowest BCUT2D eigenvalue weighted by atomic mass is 10.0. The van der Waals surface area contributed by atoms with E-state index >= 15 is 0 Å². The first kappa shape index (κ1) is 13.3. The van der Waals surface area contributed by atoms with Crippen LogP contribution in [0, 0.1) is 0 Å². The first-order valence-electron chi connectivity index (χ1n) is 6.76. The third-order valence-corrected chi connectivity index (χ3v) is 4.42. The van der Waals surface area contributed by atoms with E-state index < -0.39 is 0 Å². The first-order valence-corrected chi connectivity index (χ1v) is 7.64. The molecule has 1 saturated heterocycles. The van der Waals surface area contributed by atoms with Crippen molar-refractivity contribution in [2.24, 2.45) is 0 Å². The number of hydrogen-bond acceptors (Lipinski definition) is 4. The molecule has 1 amide bonds. The Bertz CT molecular complexity index is 559. The van der Waals surface area contributed by atoms with E-state index in [-0.39, 0.29) is 11.8 Å². The predicted molar refractivity (Wildman–Crippen MR) is 77.1 cm³/mol. The molecule has 5 nitrogen and oxygen atoms in total. The van der Waals surface area contributed by atoms with Gasteiger partial charge in [-0.15, -0.1) is 11.3 Å². The van der Waals surface area contributed by atoms with E-state index in [4.69, 9.17) is 4.74 Å². The fraction of sp³-hybridized carbons (Fsp3) is 0.429. The number of aromatic amines is 1. The van der Waals surface area contributed by atoms with E-state index in [9.17, 15) is 4.79 Å². The lowest BCUT2D eigenvalue weighted by Gasteiger charge is -2.08. The fourth-order valence-electron chi connectivity index (χ4n) is 2.40. The van der Waals surface area contributed by atoms with Crippen molar-refractivity contribution in [1.29, 1.82) is 0 Å². The molecule has 106 valence electrons. The molecule has 1 aliphatic heterocycles. The second-order valence-electron chi connectivity index (χ2n) is 4.84. The molecule has 1 fully saturated rings. The largest absolute Gasteiger partial charge is 0.381 e. The Hall–Kier alpha value is -1.66. The minimum Gasteiger partial charge on any atom is -0.381 e. The van der Waals surface area contributed by atoms with Crippen molar-refractivity contribution < 1.29 is 9.53 Å². The maximum Gasteiger partial charge on any atom is 0.254 e. The Morgan fingerprint density at radius 2 is 2.55 bits per heavy atom. The van der Waals surface area contributed by atoms with Crippen LogP contribution in [-0.2, 0) is 11.2 Å². The maximum atomic E-state index is 12.2. The predicted octanol–water partition coefficient (Wildman–Crippen LogP) is 1.95. The molecule has 0 aliphatic carbocycles. The van der Waals surface area contributed by atoms with Crippen LogP contribution in [0.3, 0.4) is 0 Å². The Balaban J connectivity index is 1.58. The summed E-state index contributed by atoms with van der Waals surface area (Å²) in [6.07, 6.45) is 3.41. The minimum atomic E-state index is -0.0581. The normalized spacial score (nSPS) is 18.3. The lowest BCUT2D eigenvalue weighted by molar-refractivity contribution is 0.0952. The van der Waals surface area contributed by atoms with Gasteiger partial charge in [0.1, 0.15) is 0 Å². The average molecular weight is 291 g/mol. The average Bonchev–Trinajstić information content (AvgIpc) is 3.19. The second-order valence-corrected chi connectivity index (χ2v) is 5.88. The van der Waals surface area contributed by atoms with Crippen molar-refractivity contribution in [1.82, 2.24) is 15.5 Å². The van der Waals surface area contributed by atoms with Gasteiger partial charge in [-0.25, -0.2) is 0 Å². The molecule has 20 heavy (non-hydrogen) atoms. The van der Waals surface area contributed by atoms with Gasteiger partial charge in [-0.2, -0.15) is 5.10 Å². The molecule has 2 aromatic heterocycles. The van der Waals surface area contributed by atoms with Crippen LogP contribution < -0.4 is 5.32 Å². The first-order chi connectivity index (χ1) is 9.84. The second kappa shape index (κ2) is 6.19. The number of carbonyl (C=O) groups excluding carboxylic acids is 1. The van der Waals surface area contributed by atoms with Crippen molar-refractivity contribution >= 4 is 17.2 Å². The highest BCUT2D eigenvalue weighted by molar-refractivity contribution is 7.09. The minimum absolute atomic E-state index is 0.0581. The zero-order valence-corrected chi connectivity index (χ0v) is 11.9. The quantitative estimate of drug-likeness (QED) is 0.885. The molecule has 1 aliphatic rings. The van der Waals surface area contributed by atoms with Crippen LogP contribution in [0.15, 0.2) is 23.7 Å². The van der Waals surface area contributed by atoms with E-state index in [1.165, 1.54) is 4.88 Å². The summed E-state index contributed by atoms with van der Waals surface area (Å²) in [7, 11) is 0. The number of aromatic nitrogens is 2. The Kier molecular flexibility index (Phi) is 4.13. The van der Waals surface area contributed by atoms with Crippen molar-refractivity contribution in [2.75, 3.05) is 19.8 Å². The summed E-state index contributed by atoms with van der Waals surface area (Å²) in [6, 6.07) is 4.10. The zero-order chi connectivity index (χ0) is 13.8. The Morgan fingerprint density at radius 1 is 1.60 bits per heavy atom. The van der Waals surface area contributed by atoms with Gasteiger partial charge in [0.15, 0.2) is 0 Å². The van der Waals surface area contributed by atoms with Gasteiger partial charge in [0, 0.05) is 23.9 Å². The summed E-state index contributed by atoms with van der Waals surface area (Å²) in [5.74, 6) is 0.202. The van der Waals surface area contributed by atoms with Crippen LogP contribution in [-0.4, -0.2) is 35.9 Å². The summed E-state index contributed by atoms with van der Waals surface area (Å²) in [4.78, 5) is 13.5. The van der Waals surface area contributed by atoms with Gasteiger partial charge in [0.05, 0.1) is 24.1 Å². The monoisotopic (exact) mass is 291 g/mol. The van der Waals surface area contributed by atoms with Gasteiger partial charge in [-0.1, -0.05) is 6.07 Å². The number of H-pyrrole nitrogens is 1. The molecule has 0 saturated carbocycles. The fourth-order valence-corrected chi connectivity index (χ4v) is 3.11. The van der Waals surface area contributed by atoms with Gasteiger partial charge in [0.25, 0.3) is 5.91 Å². The molecular formula is C14H17N3O2S. The topological polar surface area (TPSA) is 67.0 Å². The lowest BCUT2D eigenvalue weighted by Crippen LogP contribution is -2.26. The number of carbonyl (C=O) groups is 1. The number of hydrogen-bond donors (Lipinski definition) is 2. The number of amides is 1. The summed E-state index contributed by atoms with van der Waals surface area (Å²) in [5, 5.41) is 12.0. The van der Waals surface area contributed by atoms with Crippen molar-refractivity contribution in [3.63, 3.8) is 0 Å². The molecule has 3 rings (SSSR count). The molecule has 0 aromatic carbocycles. The van der Waals surface area contributed by atoms with Gasteiger partial charge in [-0.05, 0) is 24.3 Å². The molecule has 0 radical (unpaired) electrons. The number of ether oxygens (including phenoxy) is 1. The van der Waals surface area contributed by atoms with E-state index in [1.54, 1.807) is 17.5 Å². The number of rotatable bonds is 5. The van der Waals surface area contributed by atoms with Crippen molar-refractivity contribution in [3.8, 4) is 0 Å².